The van der Waals surface area contributed by atoms with Crippen LogP contribution in [0.25, 0.3) is 4.13 Å². The highest BCUT2D eigenvalue weighted by atomic mass is 32.3. The fourth-order valence-corrected chi connectivity index (χ4v) is 3.94. The topological polar surface area (TPSA) is 82.4 Å². The Labute approximate surface area is 132 Å². The van der Waals surface area contributed by atoms with E-state index in [-0.39, 0.29) is 0 Å². The molecule has 0 aromatic heterocycles. The highest BCUT2D eigenvalue weighted by molar-refractivity contribution is 8.13. The van der Waals surface area contributed by atoms with Crippen LogP contribution in [0.5, 0.6) is 0 Å². The SMILES string of the molecule is CC[P+](C)(CC)CC.O=S(=O)([N-]S(=O)(=O)C(F)(F)F)C(F)(F)F. The summed E-state index contributed by atoms with van der Waals surface area (Å²) < 4.78 is 109. The Morgan fingerprint density at radius 2 is 0.957 bits per heavy atom. The molecule has 0 rings (SSSR count). The van der Waals surface area contributed by atoms with E-state index in [4.69, 9.17) is 0 Å². The molecule has 0 spiro atoms. The van der Waals surface area contributed by atoms with Crippen LogP contribution in [-0.2, 0) is 20.0 Å². The van der Waals surface area contributed by atoms with Crippen molar-refractivity contribution in [3.05, 3.63) is 4.13 Å². The molecule has 0 unspecified atom stereocenters. The molecular weight excluding hydrogens is 395 g/mol. The van der Waals surface area contributed by atoms with Crippen molar-refractivity contribution >= 4 is 27.3 Å². The molecule has 0 aliphatic heterocycles. The van der Waals surface area contributed by atoms with Crippen LogP contribution in [0.3, 0.4) is 0 Å². The van der Waals surface area contributed by atoms with Gasteiger partial charge in [0.05, 0.1) is 18.5 Å². The number of hydrogen-bond acceptors (Lipinski definition) is 4. The first-order valence-corrected chi connectivity index (χ1v) is 11.8. The maximum Gasteiger partial charge on any atom is 0.480 e. The third kappa shape index (κ3) is 7.99. The van der Waals surface area contributed by atoms with E-state index in [0.29, 0.717) is 0 Å². The van der Waals surface area contributed by atoms with Gasteiger partial charge in [-0.3, -0.25) is 0 Å². The van der Waals surface area contributed by atoms with Crippen LogP contribution in [0.4, 0.5) is 26.3 Å². The number of sulfonamides is 2. The van der Waals surface area contributed by atoms with Crippen LogP contribution in [0, 0.1) is 0 Å². The maximum absolute atomic E-state index is 11.4. The molecule has 0 atom stereocenters. The minimum Gasteiger partial charge on any atom is -0.421 e. The van der Waals surface area contributed by atoms with E-state index in [2.05, 4.69) is 27.4 Å². The highest BCUT2D eigenvalue weighted by Gasteiger charge is 2.46. The molecule has 0 saturated carbocycles. The second-order valence-corrected chi connectivity index (χ2v) is 13.0. The summed E-state index contributed by atoms with van der Waals surface area (Å²) in [4.78, 5) is 0. The van der Waals surface area contributed by atoms with Gasteiger partial charge in [0.15, 0.2) is 20.0 Å². The smallest absolute Gasteiger partial charge is 0.421 e. The number of alkyl halides is 6. The molecule has 0 saturated heterocycles. The van der Waals surface area contributed by atoms with Gasteiger partial charge in [-0.2, -0.15) is 26.3 Å². The molecule has 142 valence electrons. The van der Waals surface area contributed by atoms with Crippen molar-refractivity contribution < 1.29 is 43.2 Å². The molecule has 0 aromatic rings. The van der Waals surface area contributed by atoms with Gasteiger partial charge < -0.3 is 4.13 Å². The molecule has 0 N–H and O–H groups in total. The minimum atomic E-state index is -6.72. The number of nitrogens with zero attached hydrogens (tertiary/aromatic N) is 1. The lowest BCUT2D eigenvalue weighted by molar-refractivity contribution is -0.0444. The van der Waals surface area contributed by atoms with Gasteiger partial charge in [0, 0.05) is 13.9 Å². The molecule has 0 aromatic carbocycles. The molecule has 0 aliphatic carbocycles. The molecule has 0 amide bonds. The maximum atomic E-state index is 11.4. The van der Waals surface area contributed by atoms with Crippen molar-refractivity contribution in [2.24, 2.45) is 0 Å². The number of halogens is 6. The first-order chi connectivity index (χ1) is 9.89. The molecule has 0 heterocycles. The van der Waals surface area contributed by atoms with E-state index < -0.39 is 38.3 Å². The van der Waals surface area contributed by atoms with Crippen molar-refractivity contribution in [3.63, 3.8) is 0 Å². The van der Waals surface area contributed by atoms with E-state index in [1.54, 1.807) is 0 Å². The summed E-state index contributed by atoms with van der Waals surface area (Å²) in [7, 11) is -13.9. The van der Waals surface area contributed by atoms with Crippen molar-refractivity contribution in [1.29, 1.82) is 0 Å². The third-order valence-electron chi connectivity index (χ3n) is 3.07. The van der Waals surface area contributed by atoms with Gasteiger partial charge in [0.25, 0.3) is 0 Å². The Morgan fingerprint density at radius 1 is 0.739 bits per heavy atom. The predicted octanol–water partition coefficient (Wildman–Crippen LogP) is 3.75. The number of hydrogen-bond donors (Lipinski definition) is 0. The van der Waals surface area contributed by atoms with Crippen LogP contribution in [0.2, 0.25) is 0 Å². The van der Waals surface area contributed by atoms with E-state index in [0.717, 1.165) is 4.13 Å². The van der Waals surface area contributed by atoms with Gasteiger partial charge >= 0.3 is 11.0 Å². The molecule has 0 radical (unpaired) electrons. The third-order valence-corrected chi connectivity index (χ3v) is 10.4. The monoisotopic (exact) mass is 413 g/mol. The minimum absolute atomic E-state index is 0.412. The average Bonchev–Trinajstić information content (AvgIpc) is 2.34. The fraction of sp³-hybridized carbons (Fsp3) is 1.00. The lowest BCUT2D eigenvalue weighted by atomic mass is 10.9. The van der Waals surface area contributed by atoms with E-state index >= 15 is 0 Å². The average molecular weight is 413 g/mol. The molecule has 5 nitrogen and oxygen atoms in total. The van der Waals surface area contributed by atoms with Crippen molar-refractivity contribution in [3.8, 4) is 0 Å². The zero-order chi connectivity index (χ0) is 19.3. The predicted molar refractivity (Wildman–Crippen MR) is 77.8 cm³/mol. The van der Waals surface area contributed by atoms with Gasteiger partial charge in [-0.1, -0.05) is 0 Å². The molecule has 23 heavy (non-hydrogen) atoms. The van der Waals surface area contributed by atoms with E-state index in [9.17, 15) is 43.2 Å². The lowest BCUT2D eigenvalue weighted by Gasteiger charge is -2.22. The van der Waals surface area contributed by atoms with Crippen molar-refractivity contribution in [2.75, 3.05) is 25.2 Å². The Hall–Kier alpha value is -0.130. The van der Waals surface area contributed by atoms with Gasteiger partial charge in [0.2, 0.25) is 0 Å². The molecule has 0 bridgehead atoms. The van der Waals surface area contributed by atoms with E-state index in [1.165, 1.54) is 18.5 Å². The van der Waals surface area contributed by atoms with Gasteiger partial charge in [0.1, 0.15) is 0 Å². The summed E-state index contributed by atoms with van der Waals surface area (Å²) in [5, 5.41) is 0. The van der Waals surface area contributed by atoms with Crippen LogP contribution >= 0.6 is 7.26 Å². The first kappa shape index (κ1) is 25.1. The highest BCUT2D eigenvalue weighted by Crippen LogP contribution is 2.53. The normalized spacial score (nSPS) is 14.2. The summed E-state index contributed by atoms with van der Waals surface area (Å²) >= 11 is 0. The summed E-state index contributed by atoms with van der Waals surface area (Å²) in [5.74, 6) is 0. The molecular formula is C9H18F6NO4PS2. The zero-order valence-corrected chi connectivity index (χ0v) is 15.3. The molecule has 0 fully saturated rings. The molecule has 14 heteroatoms. The summed E-state index contributed by atoms with van der Waals surface area (Å²) in [5.41, 5.74) is -12.4. The lowest BCUT2D eigenvalue weighted by Crippen LogP contribution is -2.30. The van der Waals surface area contributed by atoms with Crippen molar-refractivity contribution in [2.45, 2.75) is 31.8 Å². The Bertz CT molecular complexity index is 516. The summed E-state index contributed by atoms with van der Waals surface area (Å²) in [6.45, 7) is 9.43. The summed E-state index contributed by atoms with van der Waals surface area (Å²) in [6.07, 6.45) is 4.29. The largest absolute Gasteiger partial charge is 0.480 e. The number of rotatable bonds is 5. The Balaban J connectivity index is 0. The molecule has 0 aliphatic rings. The summed E-state index contributed by atoms with van der Waals surface area (Å²) in [6, 6.07) is 0. The second kappa shape index (κ2) is 8.30. The zero-order valence-electron chi connectivity index (χ0n) is 12.7. The standard InChI is InChI=1S/C7H18P.C2F6NO4S2/c1-5-8(4,6-2)7-3;3-1(4,5)14(10,11)9-15(12,13)2(6,7)8/h5-7H2,1-4H3;/q+1;-1. The first-order valence-electron chi connectivity index (χ1n) is 6.09. The van der Waals surface area contributed by atoms with Crippen LogP contribution in [0.15, 0.2) is 0 Å². The fourth-order valence-electron chi connectivity index (χ4n) is 0.885. The Kier molecular flexibility index (Phi) is 9.07. The van der Waals surface area contributed by atoms with Crippen LogP contribution < -0.4 is 0 Å². The van der Waals surface area contributed by atoms with Crippen molar-refractivity contribution in [1.82, 2.24) is 0 Å². The Morgan fingerprint density at radius 3 is 1.04 bits per heavy atom. The van der Waals surface area contributed by atoms with Crippen LogP contribution in [0.1, 0.15) is 20.8 Å². The van der Waals surface area contributed by atoms with Gasteiger partial charge in [-0.25, -0.2) is 16.8 Å². The van der Waals surface area contributed by atoms with E-state index in [1.807, 2.05) is 0 Å². The van der Waals surface area contributed by atoms with Crippen LogP contribution in [-0.4, -0.2) is 53.0 Å². The van der Waals surface area contributed by atoms with Gasteiger partial charge in [-0.05, 0) is 20.8 Å². The second-order valence-electron chi connectivity index (χ2n) is 4.48. The van der Waals surface area contributed by atoms with Gasteiger partial charge in [-0.15, -0.1) is 0 Å². The quantitative estimate of drug-likeness (QED) is 0.508.